The molecule has 2 aromatic rings. The zero-order valence-corrected chi connectivity index (χ0v) is 17.7. The highest BCUT2D eigenvalue weighted by atomic mass is 16.4. The number of aromatic carboxylic acids is 1. The molecule has 2 aromatic carbocycles. The highest BCUT2D eigenvalue weighted by Crippen LogP contribution is 2.40. The summed E-state index contributed by atoms with van der Waals surface area (Å²) >= 11 is 0. The number of hydrogen-bond donors (Lipinski definition) is 2. The van der Waals surface area contributed by atoms with Crippen LogP contribution >= 0.6 is 0 Å². The van der Waals surface area contributed by atoms with Crippen LogP contribution in [0.25, 0.3) is 5.57 Å². The SMILES string of the molecule is CCC=C(c1c(C)cccc1N1CCCCC1)C(C(N)=O)c1ccc(C(=O)O)cc1. The Bertz CT molecular complexity index is 941. The number of carbonyl (C=O) groups excluding carboxylic acids is 1. The molecule has 1 aliphatic heterocycles. The van der Waals surface area contributed by atoms with E-state index in [0.29, 0.717) is 5.56 Å². The summed E-state index contributed by atoms with van der Waals surface area (Å²) in [6.07, 6.45) is 6.41. The van der Waals surface area contributed by atoms with Crippen LogP contribution in [0.15, 0.2) is 48.5 Å². The van der Waals surface area contributed by atoms with Gasteiger partial charge in [0.15, 0.2) is 0 Å². The molecule has 1 atom stereocenters. The second kappa shape index (κ2) is 9.61. The van der Waals surface area contributed by atoms with Gasteiger partial charge < -0.3 is 15.7 Å². The summed E-state index contributed by atoms with van der Waals surface area (Å²) in [5.74, 6) is -2.07. The molecule has 1 aliphatic rings. The largest absolute Gasteiger partial charge is 0.478 e. The van der Waals surface area contributed by atoms with Crippen molar-refractivity contribution in [1.82, 2.24) is 0 Å². The van der Waals surface area contributed by atoms with E-state index in [1.807, 2.05) is 6.92 Å². The third-order valence-electron chi connectivity index (χ3n) is 5.75. The van der Waals surface area contributed by atoms with Gasteiger partial charge in [-0.15, -0.1) is 0 Å². The van der Waals surface area contributed by atoms with Gasteiger partial charge in [-0.05, 0) is 67.5 Å². The summed E-state index contributed by atoms with van der Waals surface area (Å²) < 4.78 is 0. The lowest BCUT2D eigenvalue weighted by molar-refractivity contribution is -0.118. The fourth-order valence-corrected chi connectivity index (χ4v) is 4.33. The molecule has 0 spiro atoms. The lowest BCUT2D eigenvalue weighted by Crippen LogP contribution is -2.31. The Labute approximate surface area is 178 Å². The summed E-state index contributed by atoms with van der Waals surface area (Å²) in [5.41, 5.74) is 11.0. The Hall–Kier alpha value is -3.08. The average Bonchev–Trinajstić information content (AvgIpc) is 2.74. The van der Waals surface area contributed by atoms with Gasteiger partial charge in [-0.1, -0.05) is 37.3 Å². The molecular formula is C25H30N2O3. The Balaban J connectivity index is 2.13. The average molecular weight is 407 g/mol. The molecule has 0 aliphatic carbocycles. The van der Waals surface area contributed by atoms with Gasteiger partial charge >= 0.3 is 5.97 Å². The summed E-state index contributed by atoms with van der Waals surface area (Å²) in [6.45, 7) is 6.12. The number of allylic oxidation sites excluding steroid dienone is 1. The van der Waals surface area contributed by atoms with E-state index in [1.54, 1.807) is 12.1 Å². The van der Waals surface area contributed by atoms with Gasteiger partial charge in [0.1, 0.15) is 0 Å². The smallest absolute Gasteiger partial charge is 0.335 e. The van der Waals surface area contributed by atoms with Crippen LogP contribution in [-0.4, -0.2) is 30.1 Å². The molecule has 1 saturated heterocycles. The van der Waals surface area contributed by atoms with Gasteiger partial charge in [-0.3, -0.25) is 4.79 Å². The Morgan fingerprint density at radius 3 is 2.33 bits per heavy atom. The molecule has 0 saturated carbocycles. The van der Waals surface area contributed by atoms with Crippen molar-refractivity contribution in [2.24, 2.45) is 5.73 Å². The van der Waals surface area contributed by atoms with E-state index < -0.39 is 17.8 Å². The zero-order chi connectivity index (χ0) is 21.7. The molecule has 0 bridgehead atoms. The van der Waals surface area contributed by atoms with Crippen LogP contribution in [0.4, 0.5) is 5.69 Å². The fourth-order valence-electron chi connectivity index (χ4n) is 4.33. The third kappa shape index (κ3) is 4.56. The molecule has 1 fully saturated rings. The van der Waals surface area contributed by atoms with Crippen molar-refractivity contribution in [3.05, 3.63) is 70.8 Å². The van der Waals surface area contributed by atoms with Gasteiger partial charge in [-0.2, -0.15) is 0 Å². The highest BCUT2D eigenvalue weighted by molar-refractivity contribution is 5.99. The lowest BCUT2D eigenvalue weighted by Gasteiger charge is -2.33. The van der Waals surface area contributed by atoms with E-state index in [0.717, 1.165) is 54.7 Å². The molecule has 3 rings (SSSR count). The molecule has 5 heteroatoms. The number of carboxylic acids is 1. The Kier molecular flexibility index (Phi) is 6.93. The van der Waals surface area contributed by atoms with Crippen LogP contribution in [0.1, 0.15) is 65.6 Å². The molecule has 1 heterocycles. The van der Waals surface area contributed by atoms with Crippen molar-refractivity contribution in [2.45, 2.75) is 45.4 Å². The summed E-state index contributed by atoms with van der Waals surface area (Å²) in [7, 11) is 0. The standard InChI is InChI=1S/C25H30N2O3/c1-3-8-20(23(24(26)28)18-11-13-19(14-12-18)25(29)30)22-17(2)9-7-10-21(22)27-15-5-4-6-16-27/h7-14,23H,3-6,15-16H2,1-2H3,(H2,26,28)(H,29,30). The van der Waals surface area contributed by atoms with Crippen LogP contribution < -0.4 is 10.6 Å². The predicted molar refractivity (Wildman–Crippen MR) is 121 cm³/mol. The fraction of sp³-hybridized carbons (Fsp3) is 0.360. The molecule has 5 nitrogen and oxygen atoms in total. The molecule has 0 radical (unpaired) electrons. The first-order valence-electron chi connectivity index (χ1n) is 10.6. The minimum atomic E-state index is -0.993. The first kappa shape index (κ1) is 21.6. The maximum atomic E-state index is 12.7. The zero-order valence-electron chi connectivity index (χ0n) is 17.7. The van der Waals surface area contributed by atoms with Gasteiger partial charge in [0.05, 0.1) is 11.5 Å². The number of piperidine rings is 1. The van der Waals surface area contributed by atoms with Crippen LogP contribution in [0.3, 0.4) is 0 Å². The van der Waals surface area contributed by atoms with E-state index in [4.69, 9.17) is 5.73 Å². The second-order valence-electron chi connectivity index (χ2n) is 7.85. The van der Waals surface area contributed by atoms with Gasteiger partial charge in [0.2, 0.25) is 5.91 Å². The van der Waals surface area contributed by atoms with Gasteiger partial charge in [0.25, 0.3) is 0 Å². The van der Waals surface area contributed by atoms with E-state index in [9.17, 15) is 14.7 Å². The summed E-state index contributed by atoms with van der Waals surface area (Å²) in [5, 5.41) is 9.20. The van der Waals surface area contributed by atoms with Crippen molar-refractivity contribution in [3.63, 3.8) is 0 Å². The quantitative estimate of drug-likeness (QED) is 0.695. The molecule has 30 heavy (non-hydrogen) atoms. The number of rotatable bonds is 7. The van der Waals surface area contributed by atoms with Crippen LogP contribution in [0.2, 0.25) is 0 Å². The van der Waals surface area contributed by atoms with E-state index in [-0.39, 0.29) is 5.56 Å². The highest BCUT2D eigenvalue weighted by Gasteiger charge is 2.28. The van der Waals surface area contributed by atoms with E-state index in [1.165, 1.54) is 18.6 Å². The Morgan fingerprint density at radius 2 is 1.77 bits per heavy atom. The number of carboxylic acid groups (broad SMARTS) is 1. The first-order chi connectivity index (χ1) is 14.4. The van der Waals surface area contributed by atoms with Crippen LogP contribution in [0, 0.1) is 6.92 Å². The first-order valence-corrected chi connectivity index (χ1v) is 10.6. The summed E-state index contributed by atoms with van der Waals surface area (Å²) in [6, 6.07) is 12.7. The van der Waals surface area contributed by atoms with Crippen molar-refractivity contribution in [2.75, 3.05) is 18.0 Å². The second-order valence-corrected chi connectivity index (χ2v) is 7.85. The molecule has 1 amide bonds. The van der Waals surface area contributed by atoms with Crippen molar-refractivity contribution >= 4 is 23.1 Å². The molecular weight excluding hydrogens is 376 g/mol. The lowest BCUT2D eigenvalue weighted by atomic mass is 9.82. The maximum Gasteiger partial charge on any atom is 0.335 e. The molecule has 1 unspecified atom stereocenters. The number of carbonyl (C=O) groups is 2. The Morgan fingerprint density at radius 1 is 1.10 bits per heavy atom. The van der Waals surface area contributed by atoms with Crippen LogP contribution in [-0.2, 0) is 4.79 Å². The topological polar surface area (TPSA) is 83.6 Å². The monoisotopic (exact) mass is 406 g/mol. The van der Waals surface area contributed by atoms with E-state index >= 15 is 0 Å². The number of benzene rings is 2. The van der Waals surface area contributed by atoms with E-state index in [2.05, 4.69) is 36.1 Å². The van der Waals surface area contributed by atoms with Gasteiger partial charge in [-0.25, -0.2) is 4.79 Å². The maximum absolute atomic E-state index is 12.7. The predicted octanol–water partition coefficient (Wildman–Crippen LogP) is 4.75. The van der Waals surface area contributed by atoms with Crippen molar-refractivity contribution in [3.8, 4) is 0 Å². The minimum absolute atomic E-state index is 0.188. The molecule has 0 aromatic heterocycles. The molecule has 158 valence electrons. The van der Waals surface area contributed by atoms with Gasteiger partial charge in [0, 0.05) is 24.3 Å². The number of anilines is 1. The number of nitrogens with two attached hydrogens (primary N) is 1. The number of amides is 1. The number of aryl methyl sites for hydroxylation is 1. The number of primary amides is 1. The summed E-state index contributed by atoms with van der Waals surface area (Å²) in [4.78, 5) is 26.3. The van der Waals surface area contributed by atoms with Crippen LogP contribution in [0.5, 0.6) is 0 Å². The minimum Gasteiger partial charge on any atom is -0.478 e. The normalized spacial score (nSPS) is 15.7. The number of nitrogens with zero attached hydrogens (tertiary/aromatic N) is 1. The van der Waals surface area contributed by atoms with Crippen molar-refractivity contribution in [1.29, 1.82) is 0 Å². The third-order valence-corrected chi connectivity index (χ3v) is 5.75. The molecule has 3 N–H and O–H groups in total. The van der Waals surface area contributed by atoms with Crippen molar-refractivity contribution < 1.29 is 14.7 Å². The number of hydrogen-bond acceptors (Lipinski definition) is 3.